The number of aromatic nitrogens is 2. The van der Waals surface area contributed by atoms with Crippen LogP contribution in [0.1, 0.15) is 19.4 Å². The van der Waals surface area contributed by atoms with Gasteiger partial charge in [0.2, 0.25) is 5.91 Å². The zero-order valence-corrected chi connectivity index (χ0v) is 13.9. The van der Waals surface area contributed by atoms with Crippen LogP contribution in [0.4, 0.5) is 5.82 Å². The number of nitrogens with zero attached hydrogens (tertiary/aromatic N) is 3. The molecular formula is C14H14Cl2N4O3. The first-order valence-corrected chi connectivity index (χ1v) is 7.39. The van der Waals surface area contributed by atoms with Gasteiger partial charge in [-0.15, -0.1) is 0 Å². The van der Waals surface area contributed by atoms with Crippen LogP contribution in [0.25, 0.3) is 0 Å². The van der Waals surface area contributed by atoms with Gasteiger partial charge in [0.05, 0.1) is 32.9 Å². The minimum absolute atomic E-state index is 0.126. The Labute approximate surface area is 142 Å². The molecule has 1 N–H and O–H groups in total. The van der Waals surface area contributed by atoms with Crippen molar-refractivity contribution in [2.45, 2.75) is 25.9 Å². The van der Waals surface area contributed by atoms with Gasteiger partial charge >= 0.3 is 5.82 Å². The predicted octanol–water partition coefficient (Wildman–Crippen LogP) is 3.15. The Morgan fingerprint density at radius 1 is 1.35 bits per heavy atom. The fraction of sp³-hybridized carbons (Fsp3) is 0.286. The van der Waals surface area contributed by atoms with Crippen LogP contribution in [0.5, 0.6) is 0 Å². The number of benzene rings is 1. The first-order valence-electron chi connectivity index (χ1n) is 6.63. The Morgan fingerprint density at radius 2 is 2.04 bits per heavy atom. The minimum Gasteiger partial charge on any atom is -0.358 e. The third-order valence-corrected chi connectivity index (χ3v) is 3.95. The van der Waals surface area contributed by atoms with Gasteiger partial charge in [-0.25, -0.2) is 0 Å². The summed E-state index contributed by atoms with van der Waals surface area (Å²) in [4.78, 5) is 22.1. The van der Waals surface area contributed by atoms with Crippen molar-refractivity contribution < 1.29 is 9.72 Å². The quantitative estimate of drug-likeness (QED) is 0.657. The van der Waals surface area contributed by atoms with Crippen LogP contribution in [0, 0.1) is 10.1 Å². The number of nitro groups is 1. The fourth-order valence-corrected chi connectivity index (χ4v) is 2.33. The highest BCUT2D eigenvalue weighted by Crippen LogP contribution is 2.28. The van der Waals surface area contributed by atoms with Gasteiger partial charge in [0.1, 0.15) is 6.54 Å². The van der Waals surface area contributed by atoms with E-state index < -0.39 is 10.5 Å². The number of rotatable bonds is 5. The Balaban J connectivity index is 2.07. The van der Waals surface area contributed by atoms with Crippen molar-refractivity contribution in [3.05, 3.63) is 56.2 Å². The lowest BCUT2D eigenvalue weighted by Crippen LogP contribution is -2.42. The van der Waals surface area contributed by atoms with Gasteiger partial charge in [-0.05, 0) is 36.5 Å². The van der Waals surface area contributed by atoms with Crippen LogP contribution in [0.3, 0.4) is 0 Å². The Bertz CT molecular complexity index is 758. The molecule has 0 atom stereocenters. The van der Waals surface area contributed by atoms with E-state index in [-0.39, 0.29) is 18.3 Å². The highest BCUT2D eigenvalue weighted by Gasteiger charge is 2.24. The second-order valence-corrected chi connectivity index (χ2v) is 6.25. The molecule has 0 saturated heterocycles. The third kappa shape index (κ3) is 4.20. The van der Waals surface area contributed by atoms with Crippen LogP contribution >= 0.6 is 23.2 Å². The average Bonchev–Trinajstić information content (AvgIpc) is 2.89. The molecule has 0 spiro atoms. The SMILES string of the molecule is CC(C)(NC(=O)Cn1ccc([N+](=O)[O-])n1)c1ccc(Cl)c(Cl)c1. The number of hydrogen-bond acceptors (Lipinski definition) is 4. The summed E-state index contributed by atoms with van der Waals surface area (Å²) in [6.07, 6.45) is 1.38. The van der Waals surface area contributed by atoms with Crippen LogP contribution in [-0.2, 0) is 16.9 Å². The number of amides is 1. The molecule has 1 heterocycles. The van der Waals surface area contributed by atoms with E-state index in [9.17, 15) is 14.9 Å². The van der Waals surface area contributed by atoms with Crippen molar-refractivity contribution >= 4 is 34.9 Å². The predicted molar refractivity (Wildman–Crippen MR) is 86.5 cm³/mol. The first-order chi connectivity index (χ1) is 10.7. The zero-order chi connectivity index (χ0) is 17.2. The molecule has 0 radical (unpaired) electrons. The highest BCUT2D eigenvalue weighted by atomic mass is 35.5. The number of carbonyl (C=O) groups is 1. The summed E-state index contributed by atoms with van der Waals surface area (Å²) in [6.45, 7) is 3.50. The van der Waals surface area contributed by atoms with Gasteiger partial charge in [0.15, 0.2) is 0 Å². The van der Waals surface area contributed by atoms with Crippen LogP contribution in [0.15, 0.2) is 30.5 Å². The molecule has 0 aliphatic rings. The standard InChI is InChI=1S/C14H14Cl2N4O3/c1-14(2,9-3-4-10(15)11(16)7-9)17-13(21)8-19-6-5-12(18-19)20(22)23/h3-7H,8H2,1-2H3,(H,17,21). The number of nitrogens with one attached hydrogen (secondary N) is 1. The lowest BCUT2D eigenvalue weighted by Gasteiger charge is -2.27. The van der Waals surface area contributed by atoms with E-state index in [2.05, 4.69) is 10.4 Å². The van der Waals surface area contributed by atoms with E-state index in [1.807, 2.05) is 13.8 Å². The summed E-state index contributed by atoms with van der Waals surface area (Å²) in [5.41, 5.74) is 0.0939. The smallest absolute Gasteiger partial charge is 0.358 e. The molecule has 23 heavy (non-hydrogen) atoms. The number of hydrogen-bond donors (Lipinski definition) is 1. The molecule has 2 rings (SSSR count). The van der Waals surface area contributed by atoms with E-state index in [1.165, 1.54) is 16.9 Å². The van der Waals surface area contributed by atoms with Crippen LogP contribution < -0.4 is 5.32 Å². The summed E-state index contributed by atoms with van der Waals surface area (Å²) in [5, 5.41) is 17.9. The van der Waals surface area contributed by atoms with E-state index in [1.54, 1.807) is 18.2 Å². The molecule has 0 fully saturated rings. The molecule has 9 heteroatoms. The maximum absolute atomic E-state index is 12.1. The molecule has 1 aromatic carbocycles. The molecule has 0 unspecified atom stereocenters. The van der Waals surface area contributed by atoms with Crippen molar-refractivity contribution in [3.63, 3.8) is 0 Å². The second-order valence-electron chi connectivity index (χ2n) is 5.43. The molecule has 2 aromatic rings. The normalized spacial score (nSPS) is 11.3. The summed E-state index contributed by atoms with van der Waals surface area (Å²) in [5.74, 6) is -0.638. The van der Waals surface area contributed by atoms with Gasteiger partial charge in [-0.2, -0.15) is 4.68 Å². The topological polar surface area (TPSA) is 90.1 Å². The Kier molecular flexibility index (Phi) is 4.91. The van der Waals surface area contributed by atoms with Gasteiger partial charge < -0.3 is 15.4 Å². The van der Waals surface area contributed by atoms with E-state index in [0.29, 0.717) is 10.0 Å². The Hall–Kier alpha value is -2.12. The molecule has 122 valence electrons. The van der Waals surface area contributed by atoms with Gasteiger partial charge in [-0.3, -0.25) is 4.79 Å². The number of halogens is 2. The molecule has 0 aliphatic heterocycles. The maximum Gasteiger partial charge on any atom is 0.389 e. The van der Waals surface area contributed by atoms with Crippen molar-refractivity contribution in [2.24, 2.45) is 0 Å². The summed E-state index contributed by atoms with van der Waals surface area (Å²) in [6, 6.07) is 6.34. The van der Waals surface area contributed by atoms with E-state index in [0.717, 1.165) is 5.56 Å². The van der Waals surface area contributed by atoms with Crippen LogP contribution in [0.2, 0.25) is 10.0 Å². The molecule has 1 aromatic heterocycles. The van der Waals surface area contributed by atoms with Crippen LogP contribution in [-0.4, -0.2) is 20.6 Å². The molecule has 1 amide bonds. The lowest BCUT2D eigenvalue weighted by atomic mass is 9.94. The lowest BCUT2D eigenvalue weighted by molar-refractivity contribution is -0.389. The van der Waals surface area contributed by atoms with Crippen molar-refractivity contribution in [1.29, 1.82) is 0 Å². The second kappa shape index (κ2) is 6.55. The molecule has 0 bridgehead atoms. The summed E-state index contributed by atoms with van der Waals surface area (Å²) in [7, 11) is 0. The largest absolute Gasteiger partial charge is 0.389 e. The monoisotopic (exact) mass is 356 g/mol. The summed E-state index contributed by atoms with van der Waals surface area (Å²) < 4.78 is 1.21. The number of carbonyl (C=O) groups excluding carboxylic acids is 1. The van der Waals surface area contributed by atoms with E-state index >= 15 is 0 Å². The van der Waals surface area contributed by atoms with Gasteiger partial charge in [-0.1, -0.05) is 29.3 Å². The maximum atomic E-state index is 12.1. The van der Waals surface area contributed by atoms with Crippen molar-refractivity contribution in [2.75, 3.05) is 0 Å². The Morgan fingerprint density at radius 3 is 2.61 bits per heavy atom. The fourth-order valence-electron chi connectivity index (χ4n) is 2.03. The molecule has 7 nitrogen and oxygen atoms in total. The van der Waals surface area contributed by atoms with Gasteiger partial charge in [0, 0.05) is 0 Å². The zero-order valence-electron chi connectivity index (χ0n) is 12.4. The molecule has 0 aliphatic carbocycles. The highest BCUT2D eigenvalue weighted by molar-refractivity contribution is 6.42. The average molecular weight is 357 g/mol. The van der Waals surface area contributed by atoms with Crippen molar-refractivity contribution in [3.8, 4) is 0 Å². The molecule has 0 saturated carbocycles. The van der Waals surface area contributed by atoms with Crippen molar-refractivity contribution in [1.82, 2.24) is 15.1 Å². The minimum atomic E-state index is -0.690. The summed E-state index contributed by atoms with van der Waals surface area (Å²) >= 11 is 11.9. The van der Waals surface area contributed by atoms with Gasteiger partial charge in [0.25, 0.3) is 0 Å². The van der Waals surface area contributed by atoms with E-state index in [4.69, 9.17) is 23.2 Å². The third-order valence-electron chi connectivity index (χ3n) is 3.21. The first kappa shape index (κ1) is 17.2. The molecular weight excluding hydrogens is 343 g/mol.